The molecule has 0 unspecified atom stereocenters. The predicted molar refractivity (Wildman–Crippen MR) is 72.5 cm³/mol. The summed E-state index contributed by atoms with van der Waals surface area (Å²) in [6.07, 6.45) is 6.21. The zero-order valence-electron chi connectivity index (χ0n) is 11.8. The number of hydrogen-bond donors (Lipinski definition) is 0. The highest BCUT2D eigenvalue weighted by atomic mass is 16.5. The molecule has 0 N–H and O–H groups in total. The largest absolute Gasteiger partial charge is 0.376 e. The molecule has 4 heteroatoms. The van der Waals surface area contributed by atoms with Crippen LogP contribution in [0, 0.1) is 5.92 Å². The third-order valence-corrected chi connectivity index (χ3v) is 3.64. The first-order valence-electron chi connectivity index (χ1n) is 6.85. The van der Waals surface area contributed by atoms with Gasteiger partial charge in [0.25, 0.3) is 0 Å². The summed E-state index contributed by atoms with van der Waals surface area (Å²) in [6, 6.07) is 1.97. The Morgan fingerprint density at radius 2 is 2.33 bits per heavy atom. The summed E-state index contributed by atoms with van der Waals surface area (Å²) < 4.78 is 7.75. The number of likely N-dealkylation sites (N-methyl/N-ethyl adjacent to an activating group) is 1. The Morgan fingerprint density at radius 3 is 3.00 bits per heavy atom. The van der Waals surface area contributed by atoms with Gasteiger partial charge in [0.1, 0.15) is 0 Å². The maximum atomic E-state index is 5.76. The van der Waals surface area contributed by atoms with Crippen LogP contribution in [0.25, 0.3) is 0 Å². The summed E-state index contributed by atoms with van der Waals surface area (Å²) in [5, 5.41) is 4.23. The molecule has 2 heterocycles. The minimum atomic E-state index is 0.0613. The molecule has 0 aliphatic carbocycles. The second kappa shape index (κ2) is 5.85. The molecule has 1 saturated heterocycles. The van der Waals surface area contributed by atoms with E-state index in [2.05, 4.69) is 30.9 Å². The van der Waals surface area contributed by atoms with Crippen molar-refractivity contribution in [1.82, 2.24) is 14.7 Å². The summed E-state index contributed by atoms with van der Waals surface area (Å²) in [7, 11) is 2.20. The molecular formula is C14H25N3O. The average molecular weight is 251 g/mol. The highest BCUT2D eigenvalue weighted by Crippen LogP contribution is 2.28. The molecule has 1 aromatic heterocycles. The van der Waals surface area contributed by atoms with Gasteiger partial charge < -0.3 is 9.64 Å². The maximum absolute atomic E-state index is 5.76. The van der Waals surface area contributed by atoms with Crippen LogP contribution in [0.1, 0.15) is 26.7 Å². The first-order valence-corrected chi connectivity index (χ1v) is 6.85. The van der Waals surface area contributed by atoms with E-state index in [1.54, 1.807) is 0 Å². The Bertz CT molecular complexity index is 348. The Hall–Kier alpha value is -0.870. The average Bonchev–Trinajstić information content (AvgIpc) is 2.77. The van der Waals surface area contributed by atoms with Gasteiger partial charge in [0.15, 0.2) is 0 Å². The van der Waals surface area contributed by atoms with Crippen molar-refractivity contribution in [3.05, 3.63) is 18.5 Å². The molecule has 1 aromatic rings. The quantitative estimate of drug-likeness (QED) is 0.802. The van der Waals surface area contributed by atoms with E-state index in [1.165, 1.54) is 12.8 Å². The zero-order chi connectivity index (χ0) is 13.0. The molecule has 0 saturated carbocycles. The van der Waals surface area contributed by atoms with Crippen molar-refractivity contribution >= 4 is 0 Å². The molecule has 0 amide bonds. The summed E-state index contributed by atoms with van der Waals surface area (Å²) in [5.41, 5.74) is 0.0613. The van der Waals surface area contributed by atoms with Crippen LogP contribution in [0.5, 0.6) is 0 Å². The minimum absolute atomic E-state index is 0.0613. The van der Waals surface area contributed by atoms with Gasteiger partial charge in [-0.25, -0.2) is 0 Å². The molecule has 1 aliphatic heterocycles. The van der Waals surface area contributed by atoms with Gasteiger partial charge in [-0.3, -0.25) is 4.68 Å². The van der Waals surface area contributed by atoms with E-state index in [9.17, 15) is 0 Å². The van der Waals surface area contributed by atoms with Crippen LogP contribution in [0.4, 0.5) is 0 Å². The molecule has 1 atom stereocenters. The second-order valence-corrected chi connectivity index (χ2v) is 6.00. The highest BCUT2D eigenvalue weighted by Gasteiger charge is 2.29. The first kappa shape index (κ1) is 13.6. The van der Waals surface area contributed by atoms with Crippen molar-refractivity contribution in [2.24, 2.45) is 5.92 Å². The summed E-state index contributed by atoms with van der Waals surface area (Å²) in [4.78, 5) is 2.41. The molecule has 2 rings (SSSR count). The lowest BCUT2D eigenvalue weighted by Crippen LogP contribution is -2.39. The van der Waals surface area contributed by atoms with Gasteiger partial charge in [-0.2, -0.15) is 5.10 Å². The molecule has 0 bridgehead atoms. The summed E-state index contributed by atoms with van der Waals surface area (Å²) >= 11 is 0. The van der Waals surface area contributed by atoms with E-state index in [0.717, 1.165) is 32.2 Å². The minimum Gasteiger partial charge on any atom is -0.376 e. The molecule has 102 valence electrons. The number of aromatic nitrogens is 2. The van der Waals surface area contributed by atoms with Crippen molar-refractivity contribution in [1.29, 1.82) is 0 Å². The van der Waals surface area contributed by atoms with Crippen LogP contribution in [-0.2, 0) is 11.3 Å². The number of hydrogen-bond acceptors (Lipinski definition) is 3. The van der Waals surface area contributed by atoms with E-state index >= 15 is 0 Å². The van der Waals surface area contributed by atoms with Crippen LogP contribution in [0.15, 0.2) is 18.5 Å². The number of ether oxygens (including phenoxy) is 1. The molecular weight excluding hydrogens is 226 g/mol. The smallest absolute Gasteiger partial charge is 0.0629 e. The van der Waals surface area contributed by atoms with Crippen molar-refractivity contribution < 1.29 is 4.74 Å². The van der Waals surface area contributed by atoms with Crippen LogP contribution in [-0.4, -0.2) is 47.0 Å². The van der Waals surface area contributed by atoms with Crippen LogP contribution < -0.4 is 0 Å². The lowest BCUT2D eigenvalue weighted by molar-refractivity contribution is -0.0760. The summed E-state index contributed by atoms with van der Waals surface area (Å²) in [5.74, 6) is 0.761. The third-order valence-electron chi connectivity index (χ3n) is 3.64. The normalized spacial score (nSPS) is 23.4. The molecule has 0 aromatic carbocycles. The number of rotatable bonds is 5. The standard InChI is InChI=1S/C14H25N3O/c1-14(2)11-13(5-10-18-14)12-16(3)8-9-17-7-4-6-15-17/h4,6-7,13H,5,8-12H2,1-3H3/t13-/m0/s1. The monoisotopic (exact) mass is 251 g/mol. The lowest BCUT2D eigenvalue weighted by Gasteiger charge is -2.37. The highest BCUT2D eigenvalue weighted by molar-refractivity contribution is 4.81. The van der Waals surface area contributed by atoms with Crippen molar-refractivity contribution in [2.45, 2.75) is 38.8 Å². The number of nitrogens with zero attached hydrogens (tertiary/aromatic N) is 3. The van der Waals surface area contributed by atoms with Gasteiger partial charge in [0.05, 0.1) is 12.1 Å². The Morgan fingerprint density at radius 1 is 1.50 bits per heavy atom. The molecule has 0 spiro atoms. The maximum Gasteiger partial charge on any atom is 0.0629 e. The van der Waals surface area contributed by atoms with Crippen LogP contribution >= 0.6 is 0 Å². The van der Waals surface area contributed by atoms with E-state index in [1.807, 2.05) is 23.1 Å². The van der Waals surface area contributed by atoms with Crippen molar-refractivity contribution in [3.63, 3.8) is 0 Å². The fraction of sp³-hybridized carbons (Fsp3) is 0.786. The van der Waals surface area contributed by atoms with Gasteiger partial charge in [-0.1, -0.05) is 0 Å². The third kappa shape index (κ3) is 4.10. The van der Waals surface area contributed by atoms with Gasteiger partial charge >= 0.3 is 0 Å². The first-order chi connectivity index (χ1) is 8.55. The van der Waals surface area contributed by atoms with E-state index < -0.39 is 0 Å². The Labute approximate surface area is 110 Å². The molecule has 18 heavy (non-hydrogen) atoms. The SMILES string of the molecule is CN(CCn1cccn1)C[C@H]1CCOC(C)(C)C1. The van der Waals surface area contributed by atoms with E-state index in [-0.39, 0.29) is 5.60 Å². The van der Waals surface area contributed by atoms with Gasteiger partial charge in [0.2, 0.25) is 0 Å². The fourth-order valence-electron chi connectivity index (χ4n) is 2.75. The van der Waals surface area contributed by atoms with E-state index in [0.29, 0.717) is 0 Å². The van der Waals surface area contributed by atoms with Crippen molar-refractivity contribution in [3.8, 4) is 0 Å². The van der Waals surface area contributed by atoms with Crippen LogP contribution in [0.2, 0.25) is 0 Å². The van der Waals surface area contributed by atoms with Gasteiger partial charge in [0, 0.05) is 32.1 Å². The van der Waals surface area contributed by atoms with Gasteiger partial charge in [-0.05, 0) is 45.7 Å². The molecule has 1 fully saturated rings. The summed E-state index contributed by atoms with van der Waals surface area (Å²) in [6.45, 7) is 8.49. The van der Waals surface area contributed by atoms with E-state index in [4.69, 9.17) is 4.74 Å². The molecule has 0 radical (unpaired) electrons. The molecule has 4 nitrogen and oxygen atoms in total. The molecule has 1 aliphatic rings. The second-order valence-electron chi connectivity index (χ2n) is 6.00. The Balaban J connectivity index is 1.72. The predicted octanol–water partition coefficient (Wildman–Crippen LogP) is 2.02. The van der Waals surface area contributed by atoms with Crippen LogP contribution in [0.3, 0.4) is 0 Å². The Kier molecular flexibility index (Phi) is 4.40. The zero-order valence-corrected chi connectivity index (χ0v) is 11.8. The lowest BCUT2D eigenvalue weighted by atomic mass is 9.88. The topological polar surface area (TPSA) is 30.3 Å². The van der Waals surface area contributed by atoms with Crippen molar-refractivity contribution in [2.75, 3.05) is 26.7 Å². The van der Waals surface area contributed by atoms with Gasteiger partial charge in [-0.15, -0.1) is 0 Å². The fourth-order valence-corrected chi connectivity index (χ4v) is 2.75.